The van der Waals surface area contributed by atoms with Crippen LogP contribution in [0.3, 0.4) is 0 Å². The second-order valence-corrected chi connectivity index (χ2v) is 3.78. The van der Waals surface area contributed by atoms with Crippen LogP contribution in [0.2, 0.25) is 0 Å². The molecule has 0 fully saturated rings. The quantitative estimate of drug-likeness (QED) is 0.535. The molecule has 1 heterocycles. The van der Waals surface area contributed by atoms with Gasteiger partial charge in [-0.05, 0) is 26.8 Å². The highest BCUT2D eigenvalue weighted by atomic mass is 16.6. The summed E-state index contributed by atoms with van der Waals surface area (Å²) in [6.07, 6.45) is 5.61. The van der Waals surface area contributed by atoms with Gasteiger partial charge in [0.1, 0.15) is 17.6 Å². The number of carbonyl (C=O) groups is 1. The van der Waals surface area contributed by atoms with Gasteiger partial charge in [0.05, 0.1) is 0 Å². The van der Waals surface area contributed by atoms with E-state index in [1.807, 2.05) is 20.8 Å². The maximum atomic E-state index is 11.2. The summed E-state index contributed by atoms with van der Waals surface area (Å²) in [5.74, 6) is -0.388. The monoisotopic (exact) mass is 195 g/mol. The fraction of sp³-hybridized carbons (Fsp3) is 0.400. The smallest absolute Gasteiger partial charge is 0.331 e. The van der Waals surface area contributed by atoms with Crippen molar-refractivity contribution in [3.8, 4) is 0 Å². The third kappa shape index (κ3) is 3.89. The molecule has 4 heteroatoms. The Morgan fingerprint density at radius 1 is 1.57 bits per heavy atom. The molecule has 0 radical (unpaired) electrons. The van der Waals surface area contributed by atoms with Crippen molar-refractivity contribution in [1.82, 2.24) is 4.98 Å². The second kappa shape index (κ2) is 4.09. The predicted molar refractivity (Wildman–Crippen MR) is 51.4 cm³/mol. The van der Waals surface area contributed by atoms with Gasteiger partial charge in [0.2, 0.25) is 0 Å². The second-order valence-electron chi connectivity index (χ2n) is 3.78. The number of ether oxygens (including phenoxy) is 1. The molecule has 0 saturated carbocycles. The third-order valence-electron chi connectivity index (χ3n) is 1.25. The van der Waals surface area contributed by atoms with Crippen molar-refractivity contribution < 1.29 is 13.9 Å². The summed E-state index contributed by atoms with van der Waals surface area (Å²) in [6, 6.07) is 0. The Labute approximate surface area is 82.6 Å². The van der Waals surface area contributed by atoms with Gasteiger partial charge in [-0.15, -0.1) is 0 Å². The lowest BCUT2D eigenvalue weighted by Gasteiger charge is -2.17. The van der Waals surface area contributed by atoms with Crippen LogP contribution < -0.4 is 0 Å². The van der Waals surface area contributed by atoms with E-state index in [0.29, 0.717) is 5.69 Å². The molecule has 0 aliphatic carbocycles. The van der Waals surface area contributed by atoms with Gasteiger partial charge in [0.25, 0.3) is 0 Å². The summed E-state index contributed by atoms with van der Waals surface area (Å²) in [7, 11) is 0. The molecule has 0 spiro atoms. The molecule has 1 rings (SSSR count). The molecule has 1 aromatic rings. The van der Waals surface area contributed by atoms with E-state index in [4.69, 9.17) is 9.15 Å². The molecular weight excluding hydrogens is 182 g/mol. The van der Waals surface area contributed by atoms with E-state index in [1.165, 1.54) is 24.8 Å². The number of oxazole rings is 1. The van der Waals surface area contributed by atoms with Crippen molar-refractivity contribution in [2.24, 2.45) is 0 Å². The molecule has 0 bridgehead atoms. The number of hydrogen-bond acceptors (Lipinski definition) is 4. The molecule has 0 aliphatic rings. The van der Waals surface area contributed by atoms with Crippen LogP contribution in [0, 0.1) is 0 Å². The minimum Gasteiger partial charge on any atom is -0.457 e. The van der Waals surface area contributed by atoms with E-state index in [-0.39, 0.29) is 5.97 Å². The molecule has 4 nitrogen and oxygen atoms in total. The zero-order chi connectivity index (χ0) is 10.6. The minimum atomic E-state index is -0.467. The van der Waals surface area contributed by atoms with E-state index in [1.54, 1.807) is 0 Å². The largest absolute Gasteiger partial charge is 0.457 e. The first-order valence-corrected chi connectivity index (χ1v) is 4.26. The first kappa shape index (κ1) is 10.5. The molecule has 0 unspecified atom stereocenters. The van der Waals surface area contributed by atoms with Crippen molar-refractivity contribution in [3.63, 3.8) is 0 Å². The van der Waals surface area contributed by atoms with E-state index >= 15 is 0 Å². The Morgan fingerprint density at radius 3 is 2.79 bits per heavy atom. The van der Waals surface area contributed by atoms with Crippen LogP contribution in [0.25, 0.3) is 6.08 Å². The van der Waals surface area contributed by atoms with E-state index in [0.717, 1.165) is 0 Å². The molecule has 0 N–H and O–H groups in total. The number of aromatic nitrogens is 1. The fourth-order valence-electron chi connectivity index (χ4n) is 0.793. The number of rotatable bonds is 2. The van der Waals surface area contributed by atoms with Gasteiger partial charge in [-0.2, -0.15) is 0 Å². The van der Waals surface area contributed by atoms with Crippen molar-refractivity contribution in [2.75, 3.05) is 0 Å². The predicted octanol–water partition coefficient (Wildman–Crippen LogP) is 2.03. The van der Waals surface area contributed by atoms with Crippen LogP contribution in [0.15, 0.2) is 23.1 Å². The summed E-state index contributed by atoms with van der Waals surface area (Å²) >= 11 is 0. The van der Waals surface area contributed by atoms with Crippen LogP contribution in [-0.2, 0) is 9.53 Å². The van der Waals surface area contributed by atoms with Crippen LogP contribution in [0.1, 0.15) is 26.5 Å². The highest BCUT2D eigenvalue weighted by molar-refractivity contribution is 5.86. The molecule has 0 saturated heterocycles. The number of nitrogens with zero attached hydrogens (tertiary/aromatic N) is 1. The van der Waals surface area contributed by atoms with Gasteiger partial charge in [0.15, 0.2) is 6.39 Å². The van der Waals surface area contributed by atoms with Crippen LogP contribution >= 0.6 is 0 Å². The van der Waals surface area contributed by atoms with Gasteiger partial charge in [0, 0.05) is 6.08 Å². The molecule has 0 aromatic carbocycles. The first-order chi connectivity index (χ1) is 6.47. The van der Waals surface area contributed by atoms with Crippen LogP contribution in [-0.4, -0.2) is 16.6 Å². The maximum absolute atomic E-state index is 11.2. The molecular formula is C10H13NO3. The lowest BCUT2D eigenvalue weighted by Crippen LogP contribution is -2.22. The maximum Gasteiger partial charge on any atom is 0.331 e. The molecule has 76 valence electrons. The highest BCUT2D eigenvalue weighted by Gasteiger charge is 2.13. The highest BCUT2D eigenvalue weighted by Crippen LogP contribution is 2.07. The summed E-state index contributed by atoms with van der Waals surface area (Å²) < 4.78 is 9.79. The van der Waals surface area contributed by atoms with Gasteiger partial charge >= 0.3 is 5.97 Å². The molecule has 14 heavy (non-hydrogen) atoms. The molecule has 1 aromatic heterocycles. The number of carbonyl (C=O) groups excluding carboxylic acids is 1. The van der Waals surface area contributed by atoms with Crippen LogP contribution in [0.4, 0.5) is 0 Å². The Kier molecular flexibility index (Phi) is 3.06. The number of hydrogen-bond donors (Lipinski definition) is 0. The standard InChI is InChI=1S/C10H13NO3/c1-10(2,3)14-9(12)5-4-8-6-13-7-11-8/h4-7H,1-3H3/b5-4+. The Hall–Kier alpha value is -1.58. The van der Waals surface area contributed by atoms with E-state index in [9.17, 15) is 4.79 Å². The van der Waals surface area contributed by atoms with Crippen molar-refractivity contribution in [3.05, 3.63) is 24.4 Å². The Bertz CT molecular complexity index is 320. The summed E-state index contributed by atoms with van der Waals surface area (Å²) in [5, 5.41) is 0. The topological polar surface area (TPSA) is 52.3 Å². The van der Waals surface area contributed by atoms with Crippen molar-refractivity contribution >= 4 is 12.0 Å². The zero-order valence-corrected chi connectivity index (χ0v) is 8.48. The molecule has 0 aliphatic heterocycles. The van der Waals surface area contributed by atoms with Gasteiger partial charge in [-0.3, -0.25) is 0 Å². The van der Waals surface area contributed by atoms with Gasteiger partial charge < -0.3 is 9.15 Å². The zero-order valence-electron chi connectivity index (χ0n) is 8.48. The normalized spacial score (nSPS) is 11.9. The lowest BCUT2D eigenvalue weighted by molar-refractivity contribution is -0.148. The van der Waals surface area contributed by atoms with Crippen molar-refractivity contribution in [2.45, 2.75) is 26.4 Å². The van der Waals surface area contributed by atoms with Gasteiger partial charge in [-0.1, -0.05) is 0 Å². The van der Waals surface area contributed by atoms with Gasteiger partial charge in [-0.25, -0.2) is 9.78 Å². The average molecular weight is 195 g/mol. The average Bonchev–Trinajstić information content (AvgIpc) is 2.49. The summed E-state index contributed by atoms with van der Waals surface area (Å²) in [4.78, 5) is 15.0. The van der Waals surface area contributed by atoms with E-state index in [2.05, 4.69) is 4.98 Å². The Morgan fingerprint density at radius 2 is 2.29 bits per heavy atom. The lowest BCUT2D eigenvalue weighted by atomic mass is 10.2. The third-order valence-corrected chi connectivity index (χ3v) is 1.25. The summed E-state index contributed by atoms with van der Waals surface area (Å²) in [5.41, 5.74) is 0.126. The molecule has 0 amide bonds. The first-order valence-electron chi connectivity index (χ1n) is 4.26. The molecule has 0 atom stereocenters. The van der Waals surface area contributed by atoms with Crippen LogP contribution in [0.5, 0.6) is 0 Å². The minimum absolute atomic E-state index is 0.388. The summed E-state index contributed by atoms with van der Waals surface area (Å²) in [6.45, 7) is 5.44. The Balaban J connectivity index is 2.49. The number of esters is 1. The van der Waals surface area contributed by atoms with E-state index < -0.39 is 5.60 Å². The fourth-order valence-corrected chi connectivity index (χ4v) is 0.793. The SMILES string of the molecule is CC(C)(C)OC(=O)/C=C/c1cocn1. The van der Waals surface area contributed by atoms with Crippen molar-refractivity contribution in [1.29, 1.82) is 0 Å².